The zero-order chi connectivity index (χ0) is 49.4. The van der Waals surface area contributed by atoms with Gasteiger partial charge >= 0.3 is 24.0 Å². The second-order valence-electron chi connectivity index (χ2n) is 19.6. The van der Waals surface area contributed by atoms with E-state index in [2.05, 4.69) is 13.0 Å². The zero-order valence-corrected chi connectivity index (χ0v) is 41.5. The number of benzene rings is 3. The maximum atomic E-state index is 14.0. The lowest BCUT2D eigenvalue weighted by atomic mass is 9.98. The minimum absolute atomic E-state index is 0.148. The minimum atomic E-state index is -1.87. The van der Waals surface area contributed by atoms with Gasteiger partial charge in [-0.2, -0.15) is 0 Å². The molecule has 14 heteroatoms. The molecule has 0 radical (unpaired) electrons. The van der Waals surface area contributed by atoms with Gasteiger partial charge in [-0.05, 0) is 83.9 Å². The standard InChI is InChI=1S/C55H73NO13/c1-8-9-10-11-12-13-14-15-16-17-18-19-29-36-43-42(56(54(5,6)66-43)52(60)69-53(2,3)4)37-62-55(7)67-47-46(65-50(59)41-34-27-22-28-35-41)45(64-49(58)40-32-25-21-26-33-40)44(63-51(47)68-55)38-61-48(57)39-30-23-20-24-31-39/h20-36,42-47,51H,8-19,37-38H2,1-7H3/b36-29+/t42-,43+,44?,45+,46?,47?,51+,55?/m0/s1. The molecule has 14 nitrogen and oxygen atoms in total. The highest BCUT2D eigenvalue weighted by Crippen LogP contribution is 2.42. The summed E-state index contributed by atoms with van der Waals surface area (Å²) in [6, 6.07) is 24.3. The third-order valence-corrected chi connectivity index (χ3v) is 12.3. The molecule has 376 valence electrons. The molecular formula is C55H73NO13. The lowest BCUT2D eigenvalue weighted by molar-refractivity contribution is -0.346. The summed E-state index contributed by atoms with van der Waals surface area (Å²) in [5.41, 5.74) is -1.14. The molecule has 0 bridgehead atoms. The van der Waals surface area contributed by atoms with Crippen molar-refractivity contribution in [3.05, 3.63) is 120 Å². The molecule has 6 rings (SSSR count). The van der Waals surface area contributed by atoms with Crippen molar-refractivity contribution in [2.75, 3.05) is 13.2 Å². The van der Waals surface area contributed by atoms with Gasteiger partial charge in [-0.15, -0.1) is 0 Å². The average Bonchev–Trinajstić information content (AvgIpc) is 3.81. The Morgan fingerprint density at radius 1 is 0.638 bits per heavy atom. The van der Waals surface area contributed by atoms with Crippen LogP contribution in [0.25, 0.3) is 0 Å². The molecule has 0 saturated carbocycles. The normalized spacial score (nSPS) is 25.3. The molecule has 3 aliphatic heterocycles. The first-order chi connectivity index (χ1) is 33.1. The lowest BCUT2D eigenvalue weighted by Gasteiger charge is -2.41. The van der Waals surface area contributed by atoms with Crippen LogP contribution >= 0.6 is 0 Å². The number of hydrogen-bond donors (Lipinski definition) is 0. The van der Waals surface area contributed by atoms with Crippen LogP contribution in [0.15, 0.2) is 103 Å². The Bertz CT molecular complexity index is 2110. The summed E-state index contributed by atoms with van der Waals surface area (Å²) >= 11 is 0. The fourth-order valence-corrected chi connectivity index (χ4v) is 8.82. The van der Waals surface area contributed by atoms with Gasteiger partial charge < -0.3 is 37.9 Å². The first kappa shape index (κ1) is 53.2. The van der Waals surface area contributed by atoms with Crippen molar-refractivity contribution in [1.29, 1.82) is 0 Å². The summed E-state index contributed by atoms with van der Waals surface area (Å²) in [5, 5.41) is 0. The van der Waals surface area contributed by atoms with Crippen LogP contribution < -0.4 is 0 Å². The first-order valence-corrected chi connectivity index (χ1v) is 24.8. The monoisotopic (exact) mass is 956 g/mol. The van der Waals surface area contributed by atoms with E-state index in [0.29, 0.717) is 5.56 Å². The van der Waals surface area contributed by atoms with E-state index in [1.807, 2.05) is 19.9 Å². The Morgan fingerprint density at radius 2 is 1.14 bits per heavy atom. The number of rotatable bonds is 23. The molecule has 0 aromatic heterocycles. The van der Waals surface area contributed by atoms with Crippen LogP contribution in [0, 0.1) is 0 Å². The first-order valence-electron chi connectivity index (χ1n) is 24.8. The van der Waals surface area contributed by atoms with Gasteiger partial charge in [0.1, 0.15) is 30.1 Å². The predicted octanol–water partition coefficient (Wildman–Crippen LogP) is 11.1. The maximum absolute atomic E-state index is 14.0. The highest BCUT2D eigenvalue weighted by molar-refractivity contribution is 5.91. The fraction of sp³-hybridized carbons (Fsp3) is 0.564. The summed E-state index contributed by atoms with van der Waals surface area (Å²) in [6.07, 6.45) is 11.1. The molecule has 8 atom stereocenters. The lowest BCUT2D eigenvalue weighted by Crippen LogP contribution is -2.60. The molecule has 0 spiro atoms. The number of unbranched alkanes of at least 4 members (excludes halogenated alkanes) is 11. The van der Waals surface area contributed by atoms with Gasteiger partial charge in [0.15, 0.2) is 24.6 Å². The fourth-order valence-electron chi connectivity index (χ4n) is 8.82. The number of amides is 1. The Balaban J connectivity index is 1.20. The van der Waals surface area contributed by atoms with Gasteiger partial charge in [-0.3, -0.25) is 9.64 Å². The minimum Gasteiger partial charge on any atom is -0.459 e. The van der Waals surface area contributed by atoms with Gasteiger partial charge in [-0.1, -0.05) is 138 Å². The molecule has 4 unspecified atom stereocenters. The zero-order valence-electron chi connectivity index (χ0n) is 41.5. The molecule has 69 heavy (non-hydrogen) atoms. The van der Waals surface area contributed by atoms with E-state index < -0.39 is 90.8 Å². The van der Waals surface area contributed by atoms with Crippen molar-refractivity contribution >= 4 is 24.0 Å². The molecule has 0 N–H and O–H groups in total. The highest BCUT2D eigenvalue weighted by atomic mass is 16.9. The predicted molar refractivity (Wildman–Crippen MR) is 258 cm³/mol. The van der Waals surface area contributed by atoms with Crippen molar-refractivity contribution in [1.82, 2.24) is 4.90 Å². The van der Waals surface area contributed by atoms with Crippen LogP contribution in [0.4, 0.5) is 4.79 Å². The number of nitrogens with zero attached hydrogens (tertiary/aromatic N) is 1. The Morgan fingerprint density at radius 3 is 1.68 bits per heavy atom. The number of carbonyl (C=O) groups is 4. The Hall–Kier alpha value is -5.12. The molecule has 3 saturated heterocycles. The third-order valence-electron chi connectivity index (χ3n) is 12.3. The third kappa shape index (κ3) is 15.4. The van der Waals surface area contributed by atoms with Crippen molar-refractivity contribution < 1.29 is 61.8 Å². The number of ether oxygens (including phenoxy) is 9. The molecule has 1 amide bonds. The number of esters is 3. The quantitative estimate of drug-likeness (QED) is 0.0383. The average molecular weight is 956 g/mol. The van der Waals surface area contributed by atoms with Crippen molar-refractivity contribution in [2.45, 2.75) is 186 Å². The van der Waals surface area contributed by atoms with E-state index in [-0.39, 0.29) is 17.7 Å². The van der Waals surface area contributed by atoms with E-state index in [1.165, 1.54) is 69.6 Å². The van der Waals surface area contributed by atoms with E-state index in [4.69, 9.17) is 42.6 Å². The SMILES string of the molecule is CCCCCCCCCCCCC/C=C/[C@H]1OC(C)(C)N(C(=O)OC(C)(C)C)[C@H]1COC1(C)OC2C(OC(=O)c3ccccc3)[C@H](OC(=O)c3ccccc3)C(COC(=O)c3ccccc3)O[C@@H]2O1. The Kier molecular flexibility index (Phi) is 19.4. The van der Waals surface area contributed by atoms with Crippen molar-refractivity contribution in [3.8, 4) is 0 Å². The van der Waals surface area contributed by atoms with Gasteiger partial charge in [0.25, 0.3) is 5.97 Å². The second kappa shape index (κ2) is 25.1. The van der Waals surface area contributed by atoms with E-state index in [1.54, 1.807) is 112 Å². The highest BCUT2D eigenvalue weighted by Gasteiger charge is 2.61. The van der Waals surface area contributed by atoms with Crippen LogP contribution in [0.2, 0.25) is 0 Å². The van der Waals surface area contributed by atoms with Crippen LogP contribution in [-0.2, 0) is 42.6 Å². The van der Waals surface area contributed by atoms with Crippen LogP contribution in [-0.4, -0.2) is 102 Å². The summed E-state index contributed by atoms with van der Waals surface area (Å²) < 4.78 is 56.4. The van der Waals surface area contributed by atoms with Crippen LogP contribution in [0.3, 0.4) is 0 Å². The molecule has 3 aromatic carbocycles. The molecule has 3 fully saturated rings. The molecule has 3 heterocycles. The largest absolute Gasteiger partial charge is 0.459 e. The van der Waals surface area contributed by atoms with Crippen molar-refractivity contribution in [3.63, 3.8) is 0 Å². The summed E-state index contributed by atoms with van der Waals surface area (Å²) in [6.45, 7) is 12.2. The molecule has 3 aliphatic rings. The van der Waals surface area contributed by atoms with Gasteiger partial charge in [0, 0.05) is 6.92 Å². The van der Waals surface area contributed by atoms with E-state index in [0.717, 1.165) is 19.3 Å². The second-order valence-corrected chi connectivity index (χ2v) is 19.6. The molecule has 3 aromatic rings. The van der Waals surface area contributed by atoms with E-state index in [9.17, 15) is 19.2 Å². The number of hydrogen-bond acceptors (Lipinski definition) is 13. The smallest absolute Gasteiger partial charge is 0.413 e. The van der Waals surface area contributed by atoms with Crippen molar-refractivity contribution in [2.24, 2.45) is 0 Å². The Labute approximate surface area is 408 Å². The van der Waals surface area contributed by atoms with Gasteiger partial charge in [-0.25, -0.2) is 19.2 Å². The van der Waals surface area contributed by atoms with E-state index >= 15 is 0 Å². The topological polar surface area (TPSA) is 155 Å². The van der Waals surface area contributed by atoms with Crippen LogP contribution in [0.1, 0.15) is 157 Å². The summed E-state index contributed by atoms with van der Waals surface area (Å²) in [4.78, 5) is 56.4. The van der Waals surface area contributed by atoms with Gasteiger partial charge in [0.05, 0.1) is 29.3 Å². The maximum Gasteiger partial charge on any atom is 0.413 e. The van der Waals surface area contributed by atoms with Gasteiger partial charge in [0.2, 0.25) is 0 Å². The number of allylic oxidation sites excluding steroid dienone is 1. The number of fused-ring (bicyclic) bond motifs is 1. The van der Waals surface area contributed by atoms with Crippen LogP contribution in [0.5, 0.6) is 0 Å². The molecule has 0 aliphatic carbocycles. The molecular weight excluding hydrogens is 883 g/mol. The summed E-state index contributed by atoms with van der Waals surface area (Å²) in [7, 11) is 0. The summed E-state index contributed by atoms with van der Waals surface area (Å²) in [5.74, 6) is -4.00. The number of carbonyl (C=O) groups excluding carboxylic acids is 4.